The summed E-state index contributed by atoms with van der Waals surface area (Å²) in [5.41, 5.74) is 2.57. The number of benzene rings is 2. The highest BCUT2D eigenvalue weighted by atomic mass is 16.5. The minimum atomic E-state index is -0.824. The molecule has 2 N–H and O–H groups in total. The Balaban J connectivity index is 1.56. The van der Waals surface area contributed by atoms with Crippen molar-refractivity contribution in [1.29, 1.82) is 0 Å². The smallest absolute Gasteiger partial charge is 0.328 e. The number of ether oxygens (including phenoxy) is 2. The van der Waals surface area contributed by atoms with Crippen molar-refractivity contribution in [2.24, 2.45) is 0 Å². The molecule has 1 saturated heterocycles. The van der Waals surface area contributed by atoms with Gasteiger partial charge in [-0.05, 0) is 36.3 Å². The quantitative estimate of drug-likeness (QED) is 0.315. The highest BCUT2D eigenvalue weighted by Crippen LogP contribution is 2.29. The number of allylic oxidation sites excluding steroid dienone is 1. The number of urea groups is 1. The Morgan fingerprint density at radius 3 is 2.52 bits per heavy atom. The van der Waals surface area contributed by atoms with Crippen LogP contribution in [0.2, 0.25) is 0 Å². The molecule has 4 amide bonds. The zero-order valence-electron chi connectivity index (χ0n) is 18.1. The number of hydrogen-bond acceptors (Lipinski definition) is 5. The zero-order valence-corrected chi connectivity index (χ0v) is 18.1. The van der Waals surface area contributed by atoms with E-state index in [1.165, 1.54) is 6.08 Å². The molecule has 0 saturated carbocycles. The summed E-state index contributed by atoms with van der Waals surface area (Å²) in [6, 6.07) is 12.6. The van der Waals surface area contributed by atoms with Crippen LogP contribution in [0.3, 0.4) is 0 Å². The summed E-state index contributed by atoms with van der Waals surface area (Å²) < 4.78 is 13.4. The van der Waals surface area contributed by atoms with Crippen LogP contribution in [-0.4, -0.2) is 36.1 Å². The molecular weight excluding hydrogens is 422 g/mol. The third-order valence-corrected chi connectivity index (χ3v) is 5.26. The van der Waals surface area contributed by atoms with Crippen LogP contribution in [-0.2, 0) is 22.6 Å². The largest absolute Gasteiger partial charge is 0.493 e. The van der Waals surface area contributed by atoms with Crippen LogP contribution >= 0.6 is 0 Å². The molecule has 1 aliphatic heterocycles. The third kappa shape index (κ3) is 4.64. The van der Waals surface area contributed by atoms with Gasteiger partial charge >= 0.3 is 6.03 Å². The Bertz CT molecular complexity index is 1270. The Kier molecular flexibility index (Phi) is 6.26. The normalized spacial score (nSPS) is 13.5. The number of rotatable bonds is 8. The van der Waals surface area contributed by atoms with Crippen LogP contribution in [0.4, 0.5) is 4.79 Å². The van der Waals surface area contributed by atoms with Gasteiger partial charge in [0.15, 0.2) is 11.5 Å². The van der Waals surface area contributed by atoms with Crippen molar-refractivity contribution in [2.45, 2.75) is 13.0 Å². The van der Waals surface area contributed by atoms with Gasteiger partial charge in [0, 0.05) is 22.7 Å². The third-order valence-electron chi connectivity index (χ3n) is 5.26. The number of carbonyl (C=O) groups is 3. The average Bonchev–Trinajstić information content (AvgIpc) is 3.14. The van der Waals surface area contributed by atoms with Gasteiger partial charge in [-0.2, -0.15) is 0 Å². The number of imide groups is 2. The lowest BCUT2D eigenvalue weighted by Crippen LogP contribution is -2.51. The molecule has 0 bridgehead atoms. The molecule has 2 aromatic carbocycles. The first kappa shape index (κ1) is 21.9. The Morgan fingerprint density at radius 1 is 1.03 bits per heavy atom. The lowest BCUT2D eigenvalue weighted by Gasteiger charge is -2.13. The van der Waals surface area contributed by atoms with Crippen molar-refractivity contribution in [3.8, 4) is 11.5 Å². The van der Waals surface area contributed by atoms with Gasteiger partial charge in [0.1, 0.15) is 12.2 Å². The fourth-order valence-corrected chi connectivity index (χ4v) is 3.72. The summed E-state index contributed by atoms with van der Waals surface area (Å²) >= 11 is 0. The van der Waals surface area contributed by atoms with Crippen molar-refractivity contribution in [1.82, 2.24) is 15.2 Å². The molecule has 4 rings (SSSR count). The van der Waals surface area contributed by atoms with Crippen molar-refractivity contribution in [2.75, 3.05) is 13.7 Å². The average molecular weight is 445 g/mol. The second-order valence-electron chi connectivity index (χ2n) is 7.42. The molecule has 8 nitrogen and oxygen atoms in total. The SMILES string of the molecule is C=CCc1ccc(OCCn2cc(C=C3C(=O)NC(=O)NC3=O)c3ccccc32)c(OC)c1. The van der Waals surface area contributed by atoms with Crippen molar-refractivity contribution in [3.05, 3.63) is 78.0 Å². The van der Waals surface area contributed by atoms with Crippen molar-refractivity contribution in [3.63, 3.8) is 0 Å². The van der Waals surface area contributed by atoms with Crippen LogP contribution < -0.4 is 20.1 Å². The van der Waals surface area contributed by atoms with Crippen LogP contribution in [0.25, 0.3) is 17.0 Å². The topological polar surface area (TPSA) is 98.7 Å². The monoisotopic (exact) mass is 445 g/mol. The lowest BCUT2D eigenvalue weighted by atomic mass is 10.1. The van der Waals surface area contributed by atoms with Gasteiger partial charge in [0.2, 0.25) is 0 Å². The fourth-order valence-electron chi connectivity index (χ4n) is 3.72. The van der Waals surface area contributed by atoms with Gasteiger partial charge in [-0.3, -0.25) is 20.2 Å². The number of aromatic nitrogens is 1. The second kappa shape index (κ2) is 9.44. The molecule has 33 heavy (non-hydrogen) atoms. The standard InChI is InChI=1S/C25H23N3O5/c1-3-6-16-9-10-21(22(13-16)32-2)33-12-11-28-15-17(18-7-4-5-8-20(18)28)14-19-23(29)26-25(31)27-24(19)30/h3-5,7-10,13-15H,1,6,11-12H2,2H3,(H2,26,27,29,30,31). The van der Waals surface area contributed by atoms with Gasteiger partial charge in [-0.15, -0.1) is 6.58 Å². The highest BCUT2D eigenvalue weighted by Gasteiger charge is 2.28. The maximum atomic E-state index is 12.1. The maximum absolute atomic E-state index is 12.1. The van der Waals surface area contributed by atoms with Crippen molar-refractivity contribution >= 4 is 34.8 Å². The van der Waals surface area contributed by atoms with E-state index in [0.717, 1.165) is 22.9 Å². The fraction of sp³-hybridized carbons (Fsp3) is 0.160. The number of nitrogens with one attached hydrogen (secondary N) is 2. The van der Waals surface area contributed by atoms with E-state index in [1.807, 2.05) is 59.3 Å². The van der Waals surface area contributed by atoms with Crippen molar-refractivity contribution < 1.29 is 23.9 Å². The number of carbonyl (C=O) groups excluding carboxylic acids is 3. The van der Waals surface area contributed by atoms with E-state index in [0.29, 0.717) is 30.2 Å². The van der Waals surface area contributed by atoms with Gasteiger partial charge < -0.3 is 14.0 Å². The van der Waals surface area contributed by atoms with Crippen LogP contribution in [0, 0.1) is 0 Å². The second-order valence-corrected chi connectivity index (χ2v) is 7.42. The molecule has 0 radical (unpaired) electrons. The van der Waals surface area contributed by atoms with Gasteiger partial charge in [-0.1, -0.05) is 30.3 Å². The lowest BCUT2D eigenvalue weighted by molar-refractivity contribution is -0.123. The summed E-state index contributed by atoms with van der Waals surface area (Å²) in [5.74, 6) is -0.155. The summed E-state index contributed by atoms with van der Waals surface area (Å²) in [6.07, 6.45) is 5.91. The van der Waals surface area contributed by atoms with E-state index >= 15 is 0 Å². The van der Waals surface area contributed by atoms with Gasteiger partial charge in [0.05, 0.1) is 13.7 Å². The summed E-state index contributed by atoms with van der Waals surface area (Å²) in [5, 5.41) is 5.04. The van der Waals surface area contributed by atoms with E-state index < -0.39 is 17.8 Å². The van der Waals surface area contributed by atoms with E-state index in [-0.39, 0.29) is 5.57 Å². The molecule has 168 valence electrons. The molecule has 1 aromatic heterocycles. The molecule has 1 fully saturated rings. The number of fused-ring (bicyclic) bond motifs is 1. The molecule has 3 aromatic rings. The molecule has 2 heterocycles. The van der Waals surface area contributed by atoms with E-state index in [9.17, 15) is 14.4 Å². The number of barbiturate groups is 1. The van der Waals surface area contributed by atoms with Gasteiger partial charge in [-0.25, -0.2) is 4.79 Å². The molecule has 8 heteroatoms. The first-order chi connectivity index (χ1) is 16.0. The predicted molar refractivity (Wildman–Crippen MR) is 124 cm³/mol. The predicted octanol–water partition coefficient (Wildman–Crippen LogP) is 3.21. The first-order valence-corrected chi connectivity index (χ1v) is 10.4. The van der Waals surface area contributed by atoms with E-state index in [2.05, 4.69) is 17.2 Å². The van der Waals surface area contributed by atoms with E-state index in [4.69, 9.17) is 9.47 Å². The molecule has 0 unspecified atom stereocenters. The summed E-state index contributed by atoms with van der Waals surface area (Å²) in [6.45, 7) is 4.66. The molecule has 0 atom stereocenters. The highest BCUT2D eigenvalue weighted by molar-refractivity contribution is 6.31. The Hall–Kier alpha value is -4.33. The number of amides is 4. The van der Waals surface area contributed by atoms with Crippen LogP contribution in [0.15, 0.2) is 66.9 Å². The van der Waals surface area contributed by atoms with E-state index in [1.54, 1.807) is 7.11 Å². The first-order valence-electron chi connectivity index (χ1n) is 10.4. The molecule has 0 spiro atoms. The maximum Gasteiger partial charge on any atom is 0.328 e. The Morgan fingerprint density at radius 2 is 1.79 bits per heavy atom. The molecular formula is C25H23N3O5. The minimum absolute atomic E-state index is 0.127. The number of para-hydroxylation sites is 1. The van der Waals surface area contributed by atoms with Gasteiger partial charge in [0.25, 0.3) is 11.8 Å². The summed E-state index contributed by atoms with van der Waals surface area (Å²) in [7, 11) is 1.60. The molecule has 1 aliphatic rings. The zero-order chi connectivity index (χ0) is 23.4. The number of methoxy groups -OCH3 is 1. The van der Waals surface area contributed by atoms with Crippen LogP contribution in [0.5, 0.6) is 11.5 Å². The number of hydrogen-bond donors (Lipinski definition) is 2. The summed E-state index contributed by atoms with van der Waals surface area (Å²) in [4.78, 5) is 35.5. The minimum Gasteiger partial charge on any atom is -0.493 e. The molecule has 0 aliphatic carbocycles. The van der Waals surface area contributed by atoms with Crippen LogP contribution in [0.1, 0.15) is 11.1 Å². The number of nitrogens with zero attached hydrogens (tertiary/aromatic N) is 1. The Labute approximate surface area is 190 Å².